The van der Waals surface area contributed by atoms with E-state index in [4.69, 9.17) is 0 Å². The molecule has 0 aromatic rings. The molecule has 0 heterocycles. The topological polar surface area (TPSA) is 29.1 Å². The molecule has 2 nitrogen and oxygen atoms in total. The number of carbonyl (C=O) groups is 1. The van der Waals surface area contributed by atoms with Crippen molar-refractivity contribution in [3.05, 3.63) is 0 Å². The summed E-state index contributed by atoms with van der Waals surface area (Å²) in [5.74, 6) is 0.125. The molecule has 1 amide bonds. The van der Waals surface area contributed by atoms with Gasteiger partial charge in [-0.3, -0.25) is 4.79 Å². The van der Waals surface area contributed by atoms with Crippen LogP contribution in [0.15, 0.2) is 0 Å². The van der Waals surface area contributed by atoms with Gasteiger partial charge >= 0.3 is 0 Å². The summed E-state index contributed by atoms with van der Waals surface area (Å²) >= 11 is 0. The lowest BCUT2D eigenvalue weighted by molar-refractivity contribution is -0.121. The first-order valence-electron chi connectivity index (χ1n) is 2.96. The molecule has 0 atom stereocenters. The van der Waals surface area contributed by atoms with Crippen LogP contribution < -0.4 is 5.32 Å². The molecule has 0 aliphatic rings. The summed E-state index contributed by atoms with van der Waals surface area (Å²) in [7, 11) is 0. The van der Waals surface area contributed by atoms with Crippen molar-refractivity contribution in [1.29, 1.82) is 0 Å². The summed E-state index contributed by atoms with van der Waals surface area (Å²) in [6, 6.07) is 0.280. The largest absolute Gasteiger partial charge is 0.354 e. The summed E-state index contributed by atoms with van der Waals surface area (Å²) < 4.78 is 0. The summed E-state index contributed by atoms with van der Waals surface area (Å²) in [6.07, 6.45) is 0.582. The lowest BCUT2D eigenvalue weighted by Gasteiger charge is -2.04. The van der Waals surface area contributed by atoms with Gasteiger partial charge < -0.3 is 5.32 Å². The minimum atomic E-state index is 0. The first-order valence-corrected chi connectivity index (χ1v) is 2.96. The highest BCUT2D eigenvalue weighted by atomic mass is 16.1. The zero-order chi connectivity index (χ0) is 6.57. The van der Waals surface area contributed by atoms with Gasteiger partial charge in [-0.15, -0.1) is 0 Å². The average Bonchev–Trinajstić information content (AvgIpc) is 1.65. The minimum absolute atomic E-state index is 0. The standard InChI is InChI=1S/C6H13NO.CH4/c1-4-6(8)7-5(2)3;/h5H,4H2,1-3H3,(H,7,8);1H4. The van der Waals surface area contributed by atoms with Crippen LogP contribution in [0.4, 0.5) is 0 Å². The minimum Gasteiger partial charge on any atom is -0.354 e. The number of hydrogen-bond acceptors (Lipinski definition) is 1. The summed E-state index contributed by atoms with van der Waals surface area (Å²) in [6.45, 7) is 5.75. The Hall–Kier alpha value is -0.530. The smallest absolute Gasteiger partial charge is 0.219 e. The number of nitrogens with one attached hydrogen (secondary N) is 1. The van der Waals surface area contributed by atoms with Crippen molar-refractivity contribution in [1.82, 2.24) is 5.32 Å². The van der Waals surface area contributed by atoms with Gasteiger partial charge in [0.1, 0.15) is 0 Å². The third kappa shape index (κ3) is 7.47. The molecule has 0 fully saturated rings. The molecular formula is C7H17NO. The Balaban J connectivity index is 0. The van der Waals surface area contributed by atoms with Crippen LogP contribution in [0, 0.1) is 0 Å². The normalized spacial score (nSPS) is 8.44. The van der Waals surface area contributed by atoms with E-state index in [9.17, 15) is 4.79 Å². The van der Waals surface area contributed by atoms with Crippen LogP contribution in [0.2, 0.25) is 0 Å². The van der Waals surface area contributed by atoms with E-state index in [2.05, 4.69) is 5.32 Å². The first-order chi connectivity index (χ1) is 3.66. The van der Waals surface area contributed by atoms with Crippen molar-refractivity contribution in [2.45, 2.75) is 40.7 Å². The molecule has 0 saturated heterocycles. The predicted molar refractivity (Wildman–Crippen MR) is 40.3 cm³/mol. The van der Waals surface area contributed by atoms with Crippen LogP contribution in [0.5, 0.6) is 0 Å². The third-order valence-electron chi connectivity index (χ3n) is 0.771. The molecule has 0 spiro atoms. The number of hydrogen-bond donors (Lipinski definition) is 1. The zero-order valence-electron chi connectivity index (χ0n) is 5.69. The maximum atomic E-state index is 10.5. The van der Waals surface area contributed by atoms with Crippen LogP contribution in [0.25, 0.3) is 0 Å². The fourth-order valence-corrected chi connectivity index (χ4v) is 0.424. The van der Waals surface area contributed by atoms with E-state index < -0.39 is 0 Å². The van der Waals surface area contributed by atoms with Gasteiger partial charge in [-0.05, 0) is 13.8 Å². The highest BCUT2D eigenvalue weighted by molar-refractivity contribution is 5.75. The van der Waals surface area contributed by atoms with E-state index in [1.807, 2.05) is 20.8 Å². The molecule has 56 valence electrons. The molecule has 1 N–H and O–H groups in total. The van der Waals surface area contributed by atoms with Gasteiger partial charge in [-0.2, -0.15) is 0 Å². The quantitative estimate of drug-likeness (QED) is 0.605. The number of carbonyl (C=O) groups excluding carboxylic acids is 1. The SMILES string of the molecule is C.CCC(=O)NC(C)C. The molecule has 9 heavy (non-hydrogen) atoms. The van der Waals surface area contributed by atoms with Crippen LogP contribution in [0.1, 0.15) is 34.6 Å². The van der Waals surface area contributed by atoms with Crippen molar-refractivity contribution >= 4 is 5.91 Å². The Bertz CT molecular complexity index is 79.0. The Morgan fingerprint density at radius 1 is 1.56 bits per heavy atom. The van der Waals surface area contributed by atoms with E-state index in [1.54, 1.807) is 0 Å². The molecule has 0 aromatic carbocycles. The average molecular weight is 131 g/mol. The molecule has 0 bridgehead atoms. The van der Waals surface area contributed by atoms with Gasteiger partial charge in [0.05, 0.1) is 0 Å². The highest BCUT2D eigenvalue weighted by Crippen LogP contribution is 1.79. The highest BCUT2D eigenvalue weighted by Gasteiger charge is 1.96. The lowest BCUT2D eigenvalue weighted by atomic mass is 10.3. The van der Waals surface area contributed by atoms with Gasteiger partial charge in [0.15, 0.2) is 0 Å². The predicted octanol–water partition coefficient (Wildman–Crippen LogP) is 1.56. The molecule has 0 unspecified atom stereocenters. The Morgan fingerprint density at radius 3 is 2.11 bits per heavy atom. The van der Waals surface area contributed by atoms with Crippen LogP contribution in [0.3, 0.4) is 0 Å². The second-order valence-electron chi connectivity index (χ2n) is 2.08. The van der Waals surface area contributed by atoms with Crippen LogP contribution in [-0.4, -0.2) is 11.9 Å². The van der Waals surface area contributed by atoms with Crippen molar-refractivity contribution in [2.75, 3.05) is 0 Å². The van der Waals surface area contributed by atoms with Crippen LogP contribution >= 0.6 is 0 Å². The van der Waals surface area contributed by atoms with Gasteiger partial charge in [0.25, 0.3) is 0 Å². The van der Waals surface area contributed by atoms with E-state index in [1.165, 1.54) is 0 Å². The van der Waals surface area contributed by atoms with E-state index >= 15 is 0 Å². The molecule has 0 saturated carbocycles. The van der Waals surface area contributed by atoms with Gasteiger partial charge in [-0.1, -0.05) is 14.4 Å². The fraction of sp³-hybridized carbons (Fsp3) is 0.857. The van der Waals surface area contributed by atoms with Crippen molar-refractivity contribution in [2.24, 2.45) is 0 Å². The maximum Gasteiger partial charge on any atom is 0.219 e. The Labute approximate surface area is 57.6 Å². The summed E-state index contributed by atoms with van der Waals surface area (Å²) in [4.78, 5) is 10.5. The zero-order valence-corrected chi connectivity index (χ0v) is 5.69. The maximum absolute atomic E-state index is 10.5. The summed E-state index contributed by atoms with van der Waals surface area (Å²) in [5.41, 5.74) is 0. The van der Waals surface area contributed by atoms with Crippen LogP contribution in [-0.2, 0) is 4.79 Å². The summed E-state index contributed by atoms with van der Waals surface area (Å²) in [5, 5.41) is 2.75. The lowest BCUT2D eigenvalue weighted by Crippen LogP contribution is -2.29. The Kier molecular flexibility index (Phi) is 7.03. The van der Waals surface area contributed by atoms with Gasteiger partial charge in [0.2, 0.25) is 5.91 Å². The second-order valence-corrected chi connectivity index (χ2v) is 2.08. The van der Waals surface area contributed by atoms with E-state index in [0.717, 1.165) is 0 Å². The van der Waals surface area contributed by atoms with E-state index in [-0.39, 0.29) is 19.4 Å². The molecule has 2 heteroatoms. The first kappa shape index (κ1) is 11.3. The molecule has 0 aliphatic carbocycles. The van der Waals surface area contributed by atoms with Crippen molar-refractivity contribution < 1.29 is 4.79 Å². The van der Waals surface area contributed by atoms with Gasteiger partial charge in [-0.25, -0.2) is 0 Å². The second kappa shape index (κ2) is 5.60. The van der Waals surface area contributed by atoms with Gasteiger partial charge in [0, 0.05) is 12.5 Å². The molecule has 0 aliphatic heterocycles. The van der Waals surface area contributed by atoms with E-state index in [0.29, 0.717) is 6.42 Å². The molecule has 0 radical (unpaired) electrons. The fourth-order valence-electron chi connectivity index (χ4n) is 0.424. The molecular weight excluding hydrogens is 114 g/mol. The molecule has 0 rings (SSSR count). The molecule has 0 aromatic heterocycles. The number of amides is 1. The third-order valence-corrected chi connectivity index (χ3v) is 0.771. The van der Waals surface area contributed by atoms with Crippen molar-refractivity contribution in [3.8, 4) is 0 Å². The monoisotopic (exact) mass is 131 g/mol. The Morgan fingerprint density at radius 2 is 2.00 bits per heavy atom. The van der Waals surface area contributed by atoms with Crippen molar-refractivity contribution in [3.63, 3.8) is 0 Å². The number of rotatable bonds is 2.